The average Bonchev–Trinajstić information content (AvgIpc) is 3.74. The molecule has 1 fully saturated rings. The molecule has 2 aliphatic rings. The molecule has 0 spiro atoms. The fourth-order valence-corrected chi connectivity index (χ4v) is 5.36. The van der Waals surface area contributed by atoms with Crippen molar-refractivity contribution in [3.05, 3.63) is 76.4 Å². The van der Waals surface area contributed by atoms with Gasteiger partial charge in [-0.2, -0.15) is 15.0 Å². The second-order valence-electron chi connectivity index (χ2n) is 10.2. The number of fused-ring (bicyclic) bond motifs is 1. The molecule has 3 heterocycles. The molecule has 11 nitrogen and oxygen atoms in total. The minimum atomic E-state index is -0.512. The van der Waals surface area contributed by atoms with Crippen LogP contribution in [0.15, 0.2) is 42.6 Å². The molecule has 0 radical (unpaired) electrons. The summed E-state index contributed by atoms with van der Waals surface area (Å²) >= 11 is 0. The monoisotopic (exact) mass is 556 g/mol. The van der Waals surface area contributed by atoms with Gasteiger partial charge in [0.2, 0.25) is 11.9 Å². The molecule has 6 rings (SSSR count). The Kier molecular flexibility index (Phi) is 6.62. The minimum Gasteiger partial charge on any atom is -0.392 e. The molecule has 210 valence electrons. The van der Waals surface area contributed by atoms with Crippen LogP contribution in [0.5, 0.6) is 0 Å². The predicted octanol–water partition coefficient (Wildman–Crippen LogP) is 3.27. The number of rotatable bonds is 7. The molecule has 2 aromatic heterocycles. The van der Waals surface area contributed by atoms with Crippen molar-refractivity contribution in [3.63, 3.8) is 0 Å². The molecule has 41 heavy (non-hydrogen) atoms. The maximum absolute atomic E-state index is 15.2. The summed E-state index contributed by atoms with van der Waals surface area (Å²) in [6, 6.07) is 10.2. The van der Waals surface area contributed by atoms with Crippen LogP contribution in [0.2, 0.25) is 0 Å². The lowest BCUT2D eigenvalue weighted by molar-refractivity contribution is 0.0952. The van der Waals surface area contributed by atoms with Gasteiger partial charge < -0.3 is 30.9 Å². The van der Waals surface area contributed by atoms with E-state index in [4.69, 9.17) is 5.73 Å². The van der Waals surface area contributed by atoms with Crippen molar-refractivity contribution in [2.24, 2.45) is 7.05 Å². The first-order chi connectivity index (χ1) is 19.8. The molecule has 1 saturated carbocycles. The lowest BCUT2D eigenvalue weighted by atomic mass is 9.93. The zero-order valence-corrected chi connectivity index (χ0v) is 22.6. The van der Waals surface area contributed by atoms with E-state index in [9.17, 15) is 14.7 Å². The summed E-state index contributed by atoms with van der Waals surface area (Å²) in [5, 5.41) is 16.1. The van der Waals surface area contributed by atoms with Crippen molar-refractivity contribution in [3.8, 4) is 11.4 Å². The molecule has 5 N–H and O–H groups in total. The third-order valence-electron chi connectivity index (χ3n) is 7.52. The number of nitrogen functional groups attached to an aromatic ring is 1. The van der Waals surface area contributed by atoms with Crippen LogP contribution in [0.1, 0.15) is 56.3 Å². The number of nitrogens with zero attached hydrogens (tertiary/aromatic N) is 5. The van der Waals surface area contributed by atoms with Crippen molar-refractivity contribution < 1.29 is 19.1 Å². The van der Waals surface area contributed by atoms with Gasteiger partial charge in [-0.15, -0.1) is 0 Å². The molecule has 0 bridgehead atoms. The van der Waals surface area contributed by atoms with Crippen molar-refractivity contribution in [1.82, 2.24) is 24.8 Å². The number of nitrogens with one attached hydrogen (secondary N) is 2. The number of halogens is 1. The highest BCUT2D eigenvalue weighted by molar-refractivity contribution is 6.09. The standard InChI is InChI=1S/C29H29FN8O3/c1-32-26(40)23-12-18(13-37(23)2)33-29-35-25(34-28(31)36-29)19-4-3-5-22(20(19)14-39)38-9-8-16-10-17(15-6-7-15)11-21(30)24(16)27(38)41/h3-5,10-13,15,39H,6-9,14H2,1-2H3,(H,32,40)(H3,31,33,34,35,36). The first-order valence-corrected chi connectivity index (χ1v) is 13.3. The van der Waals surface area contributed by atoms with E-state index in [1.807, 2.05) is 6.07 Å². The molecule has 4 aromatic rings. The average molecular weight is 557 g/mol. The van der Waals surface area contributed by atoms with Gasteiger partial charge in [-0.1, -0.05) is 18.2 Å². The summed E-state index contributed by atoms with van der Waals surface area (Å²) in [5.74, 6) is -0.586. The maximum Gasteiger partial charge on any atom is 0.267 e. The van der Waals surface area contributed by atoms with Gasteiger partial charge in [0, 0.05) is 38.0 Å². The van der Waals surface area contributed by atoms with Crippen molar-refractivity contribution in [2.45, 2.75) is 31.8 Å². The second-order valence-corrected chi connectivity index (χ2v) is 10.2. The Hall–Kier alpha value is -4.84. The number of aromatic nitrogens is 4. The number of aryl methyl sites for hydroxylation is 1. The van der Waals surface area contributed by atoms with Crippen LogP contribution < -0.4 is 21.3 Å². The lowest BCUT2D eigenvalue weighted by Gasteiger charge is -2.31. The van der Waals surface area contributed by atoms with Gasteiger partial charge in [0.25, 0.3) is 11.8 Å². The molecule has 12 heteroatoms. The Morgan fingerprint density at radius 3 is 2.73 bits per heavy atom. The Morgan fingerprint density at radius 1 is 1.20 bits per heavy atom. The number of nitrogens with two attached hydrogens (primary N) is 1. The molecule has 0 saturated heterocycles. The zero-order chi connectivity index (χ0) is 28.8. The molecule has 2 aromatic carbocycles. The third kappa shape index (κ3) is 4.86. The van der Waals surface area contributed by atoms with E-state index in [-0.39, 0.29) is 29.2 Å². The maximum atomic E-state index is 15.2. The number of amides is 2. The molecular formula is C29H29FN8O3. The summed E-state index contributed by atoms with van der Waals surface area (Å²) in [5.41, 5.74) is 10.0. The number of carbonyl (C=O) groups excluding carboxylic acids is 2. The summed E-state index contributed by atoms with van der Waals surface area (Å²) in [4.78, 5) is 40.1. The number of aliphatic hydroxyl groups is 1. The molecular weight excluding hydrogens is 527 g/mol. The Labute approximate surface area is 235 Å². The summed E-state index contributed by atoms with van der Waals surface area (Å²) in [6.07, 6.45) is 4.30. The van der Waals surface area contributed by atoms with Gasteiger partial charge in [0.05, 0.1) is 23.5 Å². The van der Waals surface area contributed by atoms with Gasteiger partial charge in [-0.25, -0.2) is 4.39 Å². The number of hydrogen-bond acceptors (Lipinski definition) is 8. The highest BCUT2D eigenvalue weighted by atomic mass is 19.1. The highest BCUT2D eigenvalue weighted by Gasteiger charge is 2.33. The van der Waals surface area contributed by atoms with E-state index in [0.717, 1.165) is 24.0 Å². The molecule has 2 amide bonds. The van der Waals surface area contributed by atoms with Gasteiger partial charge in [-0.05, 0) is 54.5 Å². The fraction of sp³-hybridized carbons (Fsp3) is 0.276. The first kappa shape index (κ1) is 26.4. The van der Waals surface area contributed by atoms with E-state index >= 15 is 4.39 Å². The van der Waals surface area contributed by atoms with Crippen LogP contribution in [0.3, 0.4) is 0 Å². The topological polar surface area (TPSA) is 151 Å². The van der Waals surface area contributed by atoms with Crippen LogP contribution in [0.25, 0.3) is 11.4 Å². The number of benzene rings is 2. The summed E-state index contributed by atoms with van der Waals surface area (Å²) in [6.45, 7) is -0.0859. The molecule has 1 aliphatic carbocycles. The quantitative estimate of drug-likeness (QED) is 0.271. The van der Waals surface area contributed by atoms with Crippen molar-refractivity contribution in [2.75, 3.05) is 29.5 Å². The Morgan fingerprint density at radius 2 is 2.00 bits per heavy atom. The van der Waals surface area contributed by atoms with Crippen LogP contribution >= 0.6 is 0 Å². The Bertz CT molecular complexity index is 1700. The zero-order valence-electron chi connectivity index (χ0n) is 22.6. The fourth-order valence-electron chi connectivity index (χ4n) is 5.36. The number of carbonyl (C=O) groups is 2. The normalized spacial score (nSPS) is 14.6. The van der Waals surface area contributed by atoms with Crippen LogP contribution in [-0.4, -0.2) is 50.0 Å². The van der Waals surface area contributed by atoms with Gasteiger partial charge >= 0.3 is 0 Å². The lowest BCUT2D eigenvalue weighted by Crippen LogP contribution is -2.39. The second kappa shape index (κ2) is 10.3. The first-order valence-electron chi connectivity index (χ1n) is 13.3. The van der Waals surface area contributed by atoms with Gasteiger partial charge in [0.1, 0.15) is 11.5 Å². The van der Waals surface area contributed by atoms with Crippen LogP contribution in [-0.2, 0) is 20.1 Å². The largest absolute Gasteiger partial charge is 0.392 e. The Balaban J connectivity index is 1.34. The van der Waals surface area contributed by atoms with Crippen molar-refractivity contribution >= 4 is 35.1 Å². The number of hydrogen-bond donors (Lipinski definition) is 4. The van der Waals surface area contributed by atoms with E-state index in [2.05, 4.69) is 25.6 Å². The number of aliphatic hydroxyl groups excluding tert-OH is 1. The highest BCUT2D eigenvalue weighted by Crippen LogP contribution is 2.42. The van der Waals surface area contributed by atoms with Gasteiger partial charge in [-0.3, -0.25) is 9.59 Å². The SMILES string of the molecule is CNC(=O)c1cc(Nc2nc(N)nc(-c3cccc(N4CCc5cc(C6CC6)cc(F)c5C4=O)c3CO)n2)cn1C. The van der Waals surface area contributed by atoms with E-state index in [1.54, 1.807) is 49.1 Å². The smallest absolute Gasteiger partial charge is 0.267 e. The third-order valence-corrected chi connectivity index (χ3v) is 7.52. The van der Waals surface area contributed by atoms with Crippen LogP contribution in [0, 0.1) is 5.82 Å². The molecule has 1 aliphatic heterocycles. The summed E-state index contributed by atoms with van der Waals surface area (Å²) in [7, 11) is 3.28. The number of anilines is 4. The van der Waals surface area contributed by atoms with E-state index in [0.29, 0.717) is 47.1 Å². The van der Waals surface area contributed by atoms with Crippen LogP contribution in [0.4, 0.5) is 27.7 Å². The molecule has 0 unspecified atom stereocenters. The minimum absolute atomic E-state index is 0.0641. The summed E-state index contributed by atoms with van der Waals surface area (Å²) < 4.78 is 16.8. The van der Waals surface area contributed by atoms with E-state index < -0.39 is 18.3 Å². The molecule has 0 atom stereocenters. The van der Waals surface area contributed by atoms with Gasteiger partial charge in [0.15, 0.2) is 5.82 Å². The predicted molar refractivity (Wildman–Crippen MR) is 151 cm³/mol. The van der Waals surface area contributed by atoms with Crippen molar-refractivity contribution in [1.29, 1.82) is 0 Å². The van der Waals surface area contributed by atoms with E-state index in [1.165, 1.54) is 11.0 Å².